The Hall–Kier alpha value is -2.29. The van der Waals surface area contributed by atoms with Gasteiger partial charge < -0.3 is 19.7 Å². The highest BCUT2D eigenvalue weighted by atomic mass is 35.5. The third-order valence-electron chi connectivity index (χ3n) is 4.99. The van der Waals surface area contributed by atoms with Crippen molar-refractivity contribution in [3.05, 3.63) is 57.2 Å². The number of thioether (sulfide) groups is 1. The number of carbonyl (C=O) groups excluding carboxylic acids is 2. The Kier molecular flexibility index (Phi) is 8.39. The summed E-state index contributed by atoms with van der Waals surface area (Å²) in [5.74, 6) is -0.207. The number of halogens is 1. The van der Waals surface area contributed by atoms with E-state index >= 15 is 0 Å². The van der Waals surface area contributed by atoms with Gasteiger partial charge in [-0.05, 0) is 29.9 Å². The van der Waals surface area contributed by atoms with Crippen molar-refractivity contribution in [2.45, 2.75) is 33.2 Å². The van der Waals surface area contributed by atoms with Crippen molar-refractivity contribution < 1.29 is 19.1 Å². The standard InChI is InChI=1S/C23H28ClN3O4S/c1-14(2)12-25-19(28)11-16-13-32-23-26-15(3)20(22(29)31-10-9-30-4)21(27(16)23)17-7-5-6-8-18(17)24/h5-8,13-14,21H,9-12H2,1-4H3,(H,25,28)/t21-/m1/s1. The van der Waals surface area contributed by atoms with Crippen LogP contribution in [0.2, 0.25) is 5.02 Å². The topological polar surface area (TPSA) is 80.2 Å². The zero-order chi connectivity index (χ0) is 23.3. The minimum absolute atomic E-state index is 0.0831. The molecule has 3 rings (SSSR count). The second kappa shape index (κ2) is 11.0. The smallest absolute Gasteiger partial charge is 0.338 e. The highest BCUT2D eigenvalue weighted by molar-refractivity contribution is 8.16. The number of fused-ring (bicyclic) bond motifs is 1. The molecule has 1 N–H and O–H groups in total. The lowest BCUT2D eigenvalue weighted by Crippen LogP contribution is -2.38. The number of rotatable bonds is 9. The summed E-state index contributed by atoms with van der Waals surface area (Å²) in [7, 11) is 1.55. The molecule has 2 heterocycles. The van der Waals surface area contributed by atoms with Gasteiger partial charge in [0, 0.05) is 24.4 Å². The second-order valence-electron chi connectivity index (χ2n) is 7.92. The van der Waals surface area contributed by atoms with Crippen LogP contribution in [0.15, 0.2) is 51.6 Å². The first-order valence-electron chi connectivity index (χ1n) is 10.4. The number of carbonyl (C=O) groups is 2. The summed E-state index contributed by atoms with van der Waals surface area (Å²) in [6.07, 6.45) is 0.171. The van der Waals surface area contributed by atoms with E-state index in [0.29, 0.717) is 40.5 Å². The number of hydrogen-bond acceptors (Lipinski definition) is 7. The number of nitrogens with one attached hydrogen (secondary N) is 1. The molecule has 0 aromatic heterocycles. The van der Waals surface area contributed by atoms with Crippen molar-refractivity contribution in [3.8, 4) is 0 Å². The van der Waals surface area contributed by atoms with Crippen LogP contribution >= 0.6 is 23.4 Å². The summed E-state index contributed by atoms with van der Waals surface area (Å²) in [6.45, 7) is 6.90. The molecule has 32 heavy (non-hydrogen) atoms. The third-order valence-corrected chi connectivity index (χ3v) is 6.22. The average molecular weight is 478 g/mol. The Balaban J connectivity index is 1.96. The zero-order valence-electron chi connectivity index (χ0n) is 18.7. The van der Waals surface area contributed by atoms with Crippen LogP contribution in [0.5, 0.6) is 0 Å². The number of nitrogens with zero attached hydrogens (tertiary/aromatic N) is 2. The van der Waals surface area contributed by atoms with Crippen molar-refractivity contribution in [1.82, 2.24) is 10.2 Å². The number of esters is 1. The van der Waals surface area contributed by atoms with Crippen LogP contribution in [0.3, 0.4) is 0 Å². The summed E-state index contributed by atoms with van der Waals surface area (Å²) >= 11 is 7.99. The molecule has 0 saturated carbocycles. The predicted molar refractivity (Wildman–Crippen MR) is 127 cm³/mol. The second-order valence-corrected chi connectivity index (χ2v) is 9.16. The fourth-order valence-corrected chi connectivity index (χ4v) is 4.67. The van der Waals surface area contributed by atoms with Crippen LogP contribution in [-0.2, 0) is 19.1 Å². The number of hydrogen-bond donors (Lipinski definition) is 1. The molecule has 172 valence electrons. The van der Waals surface area contributed by atoms with E-state index in [9.17, 15) is 9.59 Å². The molecule has 1 amide bonds. The van der Waals surface area contributed by atoms with E-state index in [1.165, 1.54) is 11.8 Å². The molecule has 1 aromatic rings. The number of amides is 1. The Morgan fingerprint density at radius 1 is 1.28 bits per heavy atom. The quantitative estimate of drug-likeness (QED) is 0.422. The predicted octanol–water partition coefficient (Wildman–Crippen LogP) is 4.27. The minimum atomic E-state index is -0.551. The molecule has 2 aliphatic rings. The number of methoxy groups -OCH3 is 1. The van der Waals surface area contributed by atoms with Gasteiger partial charge >= 0.3 is 5.97 Å². The molecule has 1 aromatic carbocycles. The van der Waals surface area contributed by atoms with Crippen LogP contribution in [0, 0.1) is 5.92 Å². The van der Waals surface area contributed by atoms with Crippen molar-refractivity contribution in [1.29, 1.82) is 0 Å². The molecule has 0 fully saturated rings. The molecule has 0 unspecified atom stereocenters. The van der Waals surface area contributed by atoms with Gasteiger partial charge in [0.05, 0.1) is 30.3 Å². The van der Waals surface area contributed by atoms with Crippen LogP contribution in [0.25, 0.3) is 0 Å². The van der Waals surface area contributed by atoms with Crippen molar-refractivity contribution >= 4 is 40.4 Å². The molecule has 0 bridgehead atoms. The highest BCUT2D eigenvalue weighted by Gasteiger charge is 2.41. The Morgan fingerprint density at radius 2 is 2.03 bits per heavy atom. The lowest BCUT2D eigenvalue weighted by molar-refractivity contribution is -0.141. The SMILES string of the molecule is COCCOC(=O)C1=C(C)N=C2SC=C(CC(=O)NCC(C)C)N2[C@@H]1c1ccccc1Cl. The fourth-order valence-electron chi connectivity index (χ4n) is 3.46. The largest absolute Gasteiger partial charge is 0.460 e. The molecule has 0 aliphatic carbocycles. The van der Waals surface area contributed by atoms with Gasteiger partial charge in [0.1, 0.15) is 6.61 Å². The van der Waals surface area contributed by atoms with Gasteiger partial charge in [-0.15, -0.1) is 0 Å². The first kappa shape index (κ1) is 24.4. The number of aliphatic imine (C=N–C) groups is 1. The first-order valence-corrected chi connectivity index (χ1v) is 11.7. The monoisotopic (exact) mass is 477 g/mol. The maximum Gasteiger partial charge on any atom is 0.338 e. The lowest BCUT2D eigenvalue weighted by Gasteiger charge is -2.36. The number of benzene rings is 1. The summed E-state index contributed by atoms with van der Waals surface area (Å²) in [5, 5.41) is 6.08. The van der Waals surface area contributed by atoms with E-state index < -0.39 is 12.0 Å². The Bertz CT molecular complexity index is 974. The molecule has 0 spiro atoms. The molecular weight excluding hydrogens is 450 g/mol. The van der Waals surface area contributed by atoms with Gasteiger partial charge in [-0.2, -0.15) is 0 Å². The molecule has 2 aliphatic heterocycles. The average Bonchev–Trinajstić information content (AvgIpc) is 3.13. The Labute approximate surface area is 197 Å². The fraction of sp³-hybridized carbons (Fsp3) is 0.435. The van der Waals surface area contributed by atoms with Crippen LogP contribution in [0.4, 0.5) is 0 Å². The Morgan fingerprint density at radius 3 is 2.72 bits per heavy atom. The van der Waals surface area contributed by atoms with Crippen LogP contribution in [0.1, 0.15) is 38.8 Å². The third kappa shape index (κ3) is 5.54. The molecule has 0 saturated heterocycles. The molecular formula is C23H28ClN3O4S. The van der Waals surface area contributed by atoms with Crippen molar-refractivity contribution in [3.63, 3.8) is 0 Å². The summed E-state index contributed by atoms with van der Waals surface area (Å²) in [6, 6.07) is 6.83. The van der Waals surface area contributed by atoms with E-state index in [-0.39, 0.29) is 18.9 Å². The van der Waals surface area contributed by atoms with Gasteiger partial charge in [-0.3, -0.25) is 4.79 Å². The zero-order valence-corrected chi connectivity index (χ0v) is 20.3. The van der Waals surface area contributed by atoms with Gasteiger partial charge in [0.2, 0.25) is 5.91 Å². The summed E-state index contributed by atoms with van der Waals surface area (Å²) in [5.41, 5.74) is 2.47. The maximum atomic E-state index is 13.1. The summed E-state index contributed by atoms with van der Waals surface area (Å²) < 4.78 is 10.4. The highest BCUT2D eigenvalue weighted by Crippen LogP contribution is 2.46. The van der Waals surface area contributed by atoms with Gasteiger partial charge in [0.25, 0.3) is 0 Å². The van der Waals surface area contributed by atoms with Crippen LogP contribution < -0.4 is 5.32 Å². The van der Waals surface area contributed by atoms with E-state index in [4.69, 9.17) is 21.1 Å². The number of allylic oxidation sites excluding steroid dienone is 1. The van der Waals surface area contributed by atoms with E-state index in [1.807, 2.05) is 42.4 Å². The van der Waals surface area contributed by atoms with Gasteiger partial charge in [-0.25, -0.2) is 9.79 Å². The molecule has 9 heteroatoms. The lowest BCUT2D eigenvalue weighted by atomic mass is 9.93. The first-order chi connectivity index (χ1) is 15.3. The summed E-state index contributed by atoms with van der Waals surface area (Å²) in [4.78, 5) is 32.2. The van der Waals surface area contributed by atoms with E-state index in [2.05, 4.69) is 10.3 Å². The normalized spacial score (nSPS) is 17.8. The molecule has 0 radical (unpaired) electrons. The molecule has 7 nitrogen and oxygen atoms in total. The van der Waals surface area contributed by atoms with E-state index in [1.54, 1.807) is 20.1 Å². The maximum absolute atomic E-state index is 13.1. The molecule has 1 atom stereocenters. The van der Waals surface area contributed by atoms with Crippen LogP contribution in [-0.4, -0.2) is 48.8 Å². The number of amidine groups is 1. The van der Waals surface area contributed by atoms with Crippen molar-refractivity contribution in [2.75, 3.05) is 26.9 Å². The van der Waals surface area contributed by atoms with Crippen molar-refractivity contribution in [2.24, 2.45) is 10.9 Å². The van der Waals surface area contributed by atoms with Gasteiger partial charge in [-0.1, -0.05) is 55.4 Å². The number of ether oxygens (including phenoxy) is 2. The van der Waals surface area contributed by atoms with E-state index in [0.717, 1.165) is 11.3 Å². The minimum Gasteiger partial charge on any atom is -0.460 e. The van der Waals surface area contributed by atoms with Gasteiger partial charge in [0.15, 0.2) is 5.17 Å².